The number of para-hydroxylation sites is 1. The van der Waals surface area contributed by atoms with Gasteiger partial charge >= 0.3 is 5.97 Å². The van der Waals surface area contributed by atoms with Gasteiger partial charge in [-0.25, -0.2) is 0 Å². The number of hydrogen-bond donors (Lipinski definition) is 1. The molecule has 0 saturated carbocycles. The van der Waals surface area contributed by atoms with Gasteiger partial charge in [0, 0.05) is 12.2 Å². The van der Waals surface area contributed by atoms with Crippen LogP contribution in [0.15, 0.2) is 24.3 Å². The van der Waals surface area contributed by atoms with Crippen molar-refractivity contribution in [3.05, 3.63) is 29.8 Å². The van der Waals surface area contributed by atoms with E-state index in [4.69, 9.17) is 0 Å². The number of anilines is 1. The van der Waals surface area contributed by atoms with Crippen LogP contribution in [-0.2, 0) is 9.59 Å². The van der Waals surface area contributed by atoms with E-state index < -0.39 is 11.9 Å². The average molecular weight is 262 g/mol. The number of aliphatic carboxylic acids is 1. The summed E-state index contributed by atoms with van der Waals surface area (Å²) in [7, 11) is 3.68. The Bertz CT molecular complexity index is 499. The highest BCUT2D eigenvalue weighted by Gasteiger charge is 2.32. The Morgan fingerprint density at radius 3 is 2.68 bits per heavy atom. The minimum atomic E-state index is -0.827. The van der Waals surface area contributed by atoms with Gasteiger partial charge in [0.05, 0.1) is 12.5 Å². The maximum Gasteiger partial charge on any atom is 0.311 e. The summed E-state index contributed by atoms with van der Waals surface area (Å²) < 4.78 is 0. The predicted octanol–water partition coefficient (Wildman–Crippen LogP) is 1.15. The summed E-state index contributed by atoms with van der Waals surface area (Å²) in [6.07, 6.45) is 0.464. The van der Waals surface area contributed by atoms with Crippen molar-refractivity contribution in [3.63, 3.8) is 0 Å². The van der Waals surface area contributed by atoms with Gasteiger partial charge in [0.25, 0.3) is 0 Å². The van der Waals surface area contributed by atoms with Crippen LogP contribution in [0.2, 0.25) is 0 Å². The molecule has 1 aliphatic heterocycles. The quantitative estimate of drug-likeness (QED) is 0.887. The first-order valence-electron chi connectivity index (χ1n) is 6.27. The Kier molecular flexibility index (Phi) is 3.85. The number of likely N-dealkylation sites (N-methyl/N-ethyl adjacent to an activating group) is 1. The standard InChI is InChI=1S/C14H18N2O3/c1-15(2)9-13(17)16-8-7-11(14(18)19)10-5-3-4-6-12(10)16/h3-6,11H,7-9H2,1-2H3,(H,18,19). The Morgan fingerprint density at radius 1 is 1.37 bits per heavy atom. The number of amides is 1. The molecule has 0 bridgehead atoms. The second-order valence-corrected chi connectivity index (χ2v) is 5.02. The highest BCUT2D eigenvalue weighted by Crippen LogP contribution is 2.35. The van der Waals surface area contributed by atoms with E-state index in [1.54, 1.807) is 11.0 Å². The molecule has 0 saturated heterocycles. The fourth-order valence-corrected chi connectivity index (χ4v) is 2.43. The molecule has 1 aromatic carbocycles. The van der Waals surface area contributed by atoms with Crippen molar-refractivity contribution in [1.29, 1.82) is 0 Å². The van der Waals surface area contributed by atoms with Crippen LogP contribution in [0, 0.1) is 0 Å². The van der Waals surface area contributed by atoms with Gasteiger partial charge in [-0.15, -0.1) is 0 Å². The van der Waals surface area contributed by atoms with E-state index >= 15 is 0 Å². The highest BCUT2D eigenvalue weighted by molar-refractivity contribution is 5.97. The van der Waals surface area contributed by atoms with E-state index in [1.165, 1.54) is 0 Å². The molecule has 0 spiro atoms. The summed E-state index contributed by atoms with van der Waals surface area (Å²) in [5, 5.41) is 9.24. The number of rotatable bonds is 3. The summed E-state index contributed by atoms with van der Waals surface area (Å²) in [6.45, 7) is 0.784. The average Bonchev–Trinajstić information content (AvgIpc) is 2.36. The number of fused-ring (bicyclic) bond motifs is 1. The first kappa shape index (κ1) is 13.5. The number of carbonyl (C=O) groups is 2. The number of carboxylic acid groups (broad SMARTS) is 1. The van der Waals surface area contributed by atoms with Crippen molar-refractivity contribution >= 4 is 17.6 Å². The summed E-state index contributed by atoms with van der Waals surface area (Å²) in [5.41, 5.74) is 1.46. The first-order chi connectivity index (χ1) is 9.00. The lowest BCUT2D eigenvalue weighted by Gasteiger charge is -2.33. The fourth-order valence-electron chi connectivity index (χ4n) is 2.43. The molecule has 1 heterocycles. The van der Waals surface area contributed by atoms with Crippen molar-refractivity contribution < 1.29 is 14.7 Å². The largest absolute Gasteiger partial charge is 0.481 e. The topological polar surface area (TPSA) is 60.9 Å². The van der Waals surface area contributed by atoms with Crippen LogP contribution in [0.5, 0.6) is 0 Å². The molecule has 0 aliphatic carbocycles. The fraction of sp³-hybridized carbons (Fsp3) is 0.429. The lowest BCUT2D eigenvalue weighted by molar-refractivity contribution is -0.139. The van der Waals surface area contributed by atoms with Gasteiger partial charge in [0.2, 0.25) is 5.91 Å². The molecule has 0 aromatic heterocycles. The first-order valence-corrected chi connectivity index (χ1v) is 6.27. The molecule has 0 fully saturated rings. The Labute approximate surface area is 112 Å². The lowest BCUT2D eigenvalue weighted by atomic mass is 9.90. The van der Waals surface area contributed by atoms with E-state index in [2.05, 4.69) is 0 Å². The number of hydrogen-bond acceptors (Lipinski definition) is 3. The molecule has 0 radical (unpaired) electrons. The van der Waals surface area contributed by atoms with Crippen molar-refractivity contribution in [2.75, 3.05) is 32.1 Å². The molecular weight excluding hydrogens is 244 g/mol. The summed E-state index contributed by atoms with van der Waals surface area (Å²) in [6, 6.07) is 7.26. The van der Waals surface area contributed by atoms with E-state index in [0.717, 1.165) is 11.3 Å². The van der Waals surface area contributed by atoms with Gasteiger partial charge in [0.15, 0.2) is 0 Å². The second-order valence-electron chi connectivity index (χ2n) is 5.02. The van der Waals surface area contributed by atoms with Crippen LogP contribution in [0.25, 0.3) is 0 Å². The van der Waals surface area contributed by atoms with Crippen molar-refractivity contribution in [1.82, 2.24) is 4.90 Å². The maximum absolute atomic E-state index is 12.2. The van der Waals surface area contributed by atoms with Crippen LogP contribution in [-0.4, -0.2) is 49.1 Å². The molecule has 1 N–H and O–H groups in total. The molecule has 5 heteroatoms. The number of carboxylic acids is 1. The minimum Gasteiger partial charge on any atom is -0.481 e. The minimum absolute atomic E-state index is 0.00119. The third kappa shape index (κ3) is 2.76. The summed E-state index contributed by atoms with van der Waals surface area (Å²) >= 11 is 0. The Morgan fingerprint density at radius 2 is 2.05 bits per heavy atom. The van der Waals surface area contributed by atoms with Crippen molar-refractivity contribution in [3.8, 4) is 0 Å². The highest BCUT2D eigenvalue weighted by atomic mass is 16.4. The molecule has 1 aliphatic rings. The molecule has 19 heavy (non-hydrogen) atoms. The van der Waals surface area contributed by atoms with Crippen molar-refractivity contribution in [2.45, 2.75) is 12.3 Å². The van der Waals surface area contributed by atoms with Crippen molar-refractivity contribution in [2.24, 2.45) is 0 Å². The Balaban J connectivity index is 2.33. The summed E-state index contributed by atoms with van der Waals surface area (Å²) in [4.78, 5) is 26.9. The number of nitrogens with zero attached hydrogens (tertiary/aromatic N) is 2. The zero-order valence-electron chi connectivity index (χ0n) is 11.2. The van der Waals surface area contributed by atoms with Crippen LogP contribution in [0.1, 0.15) is 17.9 Å². The van der Waals surface area contributed by atoms with Gasteiger partial charge < -0.3 is 14.9 Å². The van der Waals surface area contributed by atoms with Crippen LogP contribution >= 0.6 is 0 Å². The molecule has 1 amide bonds. The van der Waals surface area contributed by atoms with E-state index in [0.29, 0.717) is 19.5 Å². The number of benzene rings is 1. The molecule has 1 atom stereocenters. The smallest absolute Gasteiger partial charge is 0.311 e. The third-order valence-corrected chi connectivity index (χ3v) is 3.29. The third-order valence-electron chi connectivity index (χ3n) is 3.29. The summed E-state index contributed by atoms with van der Waals surface area (Å²) in [5.74, 6) is -1.34. The van der Waals surface area contributed by atoms with Crippen LogP contribution < -0.4 is 4.90 Å². The van der Waals surface area contributed by atoms with Gasteiger partial charge in [-0.05, 0) is 32.1 Å². The lowest BCUT2D eigenvalue weighted by Crippen LogP contribution is -2.42. The molecule has 1 aromatic rings. The van der Waals surface area contributed by atoms with Crippen LogP contribution in [0.3, 0.4) is 0 Å². The molecule has 2 rings (SSSR count). The monoisotopic (exact) mass is 262 g/mol. The molecular formula is C14H18N2O3. The molecule has 102 valence electrons. The van der Waals surface area contributed by atoms with E-state index in [1.807, 2.05) is 37.2 Å². The van der Waals surface area contributed by atoms with Gasteiger partial charge in [0.1, 0.15) is 0 Å². The zero-order valence-corrected chi connectivity index (χ0v) is 11.2. The number of carbonyl (C=O) groups excluding carboxylic acids is 1. The molecule has 5 nitrogen and oxygen atoms in total. The van der Waals surface area contributed by atoms with Gasteiger partial charge in [-0.1, -0.05) is 18.2 Å². The van der Waals surface area contributed by atoms with Gasteiger partial charge in [-0.3, -0.25) is 9.59 Å². The zero-order chi connectivity index (χ0) is 14.0. The van der Waals surface area contributed by atoms with E-state index in [-0.39, 0.29) is 5.91 Å². The van der Waals surface area contributed by atoms with Crippen LogP contribution in [0.4, 0.5) is 5.69 Å². The second kappa shape index (κ2) is 5.40. The van der Waals surface area contributed by atoms with Gasteiger partial charge in [-0.2, -0.15) is 0 Å². The maximum atomic E-state index is 12.2. The molecule has 1 unspecified atom stereocenters. The van der Waals surface area contributed by atoms with E-state index in [9.17, 15) is 14.7 Å². The predicted molar refractivity (Wildman–Crippen MR) is 72.3 cm³/mol. The SMILES string of the molecule is CN(C)CC(=O)N1CCC(C(=O)O)c2ccccc21. The Hall–Kier alpha value is -1.88. The normalized spacial score (nSPS) is 18.3.